The van der Waals surface area contributed by atoms with Crippen molar-refractivity contribution >= 4 is 34.7 Å². The van der Waals surface area contributed by atoms with Crippen LogP contribution in [0.4, 0.5) is 0 Å². The third-order valence-electron chi connectivity index (χ3n) is 8.39. The van der Waals surface area contributed by atoms with Gasteiger partial charge in [0.2, 0.25) is 0 Å². The number of aliphatic hydroxyl groups excluding tert-OH is 11. The molecule has 18 N–H and O–H groups in total. The third-order valence-corrected chi connectivity index (χ3v) is 8.39. The van der Waals surface area contributed by atoms with Gasteiger partial charge in [-0.25, -0.2) is 0 Å². The van der Waals surface area contributed by atoms with Gasteiger partial charge < -0.3 is 196 Å². The first-order valence-electron chi connectivity index (χ1n) is 29.3. The largest absolute Gasteiger partial charge is 1.00 e. The summed E-state index contributed by atoms with van der Waals surface area (Å²) in [5.74, 6) is 2.59. The fraction of sp³-hybridized carbons (Fsp3) is 0.739. The Morgan fingerprint density at radius 2 is 0.570 bits per heavy atom. The maximum Gasteiger partial charge on any atom is 0.325 e. The number of hydrogen-bond donors (Lipinski definition) is 12. The van der Waals surface area contributed by atoms with Crippen LogP contribution in [-0.2, 0) is 134 Å². The summed E-state index contributed by atoms with van der Waals surface area (Å²) >= 11 is 0. The number of aliphatic hydroxyl groups is 12. The zero-order valence-electron chi connectivity index (χ0n) is 64.0. The molecule has 0 saturated heterocycles. The number of hydrogen-bond acceptors (Lipinski definition) is 12. The first-order valence-corrected chi connectivity index (χ1v) is 29.3. The number of rotatable bonds is 10. The van der Waals surface area contributed by atoms with Crippen LogP contribution < -0.4 is 0 Å². The number of allylic oxidation sites excluding steroid dienone is 12. The standard InChI is InChI=1S/3C11H20O2.C9H16O2.C7H12O2.C5H8O2.C4H10O.C3H8O.3C2H6O.CH4O.CH4.6Nb/c3*1-10(2,3)8(12)7-9(13)11(4,5)6;1-6(2)8(10)5-9(11)7(3)4;1-3-6(8)5-7(9)4-2;1-4(6)3-5(2)7;1-4(2,3)5;1-3(2)4;3*1-2-3;1-2;;;;;;;/h3*7,12H,1-6H3;5-7,10H,1-4H3;5,8H,3-4H2,1-2H3;3,6H,1-2H3;5H,1-3H3;3-4H,1-2H3;3*3H,2H2,1H3;2H,1H3;1H4;;;;;;/q;;;;;;;;;;;;;6*-1/p+6. The molecule has 0 rings (SSSR count). The van der Waals surface area contributed by atoms with Crippen LogP contribution in [0.25, 0.3) is 0 Å². The van der Waals surface area contributed by atoms with Crippen molar-refractivity contribution < 1.29 is 224 Å². The van der Waals surface area contributed by atoms with E-state index < -0.39 is 5.60 Å². The van der Waals surface area contributed by atoms with Crippen LogP contribution in [0.3, 0.4) is 0 Å². The summed E-state index contributed by atoms with van der Waals surface area (Å²) in [7, 11) is 1.00. The monoisotopic (exact) mass is 1820 g/mol. The van der Waals surface area contributed by atoms with Crippen molar-refractivity contribution in [1.29, 1.82) is 0 Å². The smallest absolute Gasteiger partial charge is 0.325 e. The van der Waals surface area contributed by atoms with E-state index in [1.807, 2.05) is 166 Å². The molecule has 0 aliphatic carbocycles. The Kier molecular flexibility index (Phi) is 121. The molecule has 0 aromatic heterocycles. The molecule has 0 saturated carbocycles. The van der Waals surface area contributed by atoms with Gasteiger partial charge in [0.25, 0.3) is 0 Å². The summed E-state index contributed by atoms with van der Waals surface area (Å²) in [6, 6.07) is 0. The first kappa shape index (κ1) is 143. The van der Waals surface area contributed by atoms with Gasteiger partial charge in [0.05, 0.1) is 83.3 Å². The summed E-state index contributed by atoms with van der Waals surface area (Å²) < 4.78 is 0. The van der Waals surface area contributed by atoms with E-state index in [-0.39, 0.29) is 281 Å². The van der Waals surface area contributed by atoms with E-state index in [1.54, 1.807) is 55.4 Å². The normalized spacial score (nSPS) is 11.2. The molecule has 0 radical (unpaired) electrons. The van der Waals surface area contributed by atoms with Crippen molar-refractivity contribution in [3.8, 4) is 0 Å². The van der Waals surface area contributed by atoms with E-state index in [4.69, 9.17) is 50.4 Å². The Morgan fingerprint density at radius 3 is 0.667 bits per heavy atom. The topological polar surface area (TPSA) is 371 Å². The van der Waals surface area contributed by atoms with Crippen LogP contribution in [0.1, 0.15) is 256 Å². The molecule has 0 heterocycles. The van der Waals surface area contributed by atoms with Crippen molar-refractivity contribution in [2.45, 2.75) is 267 Å². The molecule has 0 unspecified atom stereocenters. The molecule has 0 bridgehead atoms. The average Bonchev–Trinajstić information content (AvgIpc) is 3.28. The van der Waals surface area contributed by atoms with Crippen molar-refractivity contribution in [2.24, 2.45) is 44.3 Å². The van der Waals surface area contributed by atoms with Crippen LogP contribution >= 0.6 is 0 Å². The Labute approximate surface area is 662 Å². The zero-order chi connectivity index (χ0) is 72.9. The molecule has 0 aliphatic heterocycles. The van der Waals surface area contributed by atoms with E-state index in [9.17, 15) is 39.6 Å². The molecule has 0 atom stereocenters. The molecule has 93 heavy (non-hydrogen) atoms. The summed E-state index contributed by atoms with van der Waals surface area (Å²) in [6.07, 6.45) is 9.41. The molecule has 0 aromatic rings. The summed E-state index contributed by atoms with van der Waals surface area (Å²) in [5, 5.41) is 102. The van der Waals surface area contributed by atoms with Crippen molar-refractivity contribution in [2.75, 3.05) is 26.9 Å². The number of ketones is 6. The van der Waals surface area contributed by atoms with Crippen LogP contribution in [0.5, 0.6) is 0 Å². The van der Waals surface area contributed by atoms with E-state index in [2.05, 4.69) is 0 Å². The van der Waals surface area contributed by atoms with Gasteiger partial charge in [-0.15, -0.1) is 0 Å². The Hall–Kier alpha value is -0.538. The summed E-state index contributed by atoms with van der Waals surface area (Å²) in [4.78, 5) is 55.3. The molecule has 24 heteroatoms. The van der Waals surface area contributed by atoms with E-state index in [1.165, 1.54) is 50.3 Å². The van der Waals surface area contributed by atoms with E-state index in [0.29, 0.717) is 12.8 Å². The molecule has 0 aliphatic rings. The van der Waals surface area contributed by atoms with Crippen molar-refractivity contribution in [3.05, 3.63) is 71.0 Å². The summed E-state index contributed by atoms with van der Waals surface area (Å²) in [6.45, 7) is 62.8. The Bertz CT molecular complexity index is 1820. The minimum atomic E-state index is -0.500. The van der Waals surface area contributed by atoms with Crippen molar-refractivity contribution in [1.82, 2.24) is 0 Å². The first-order chi connectivity index (χ1) is 37.9. The van der Waals surface area contributed by atoms with Gasteiger partial charge in [0.1, 0.15) is 28.8 Å². The molecule has 560 valence electrons. The average molecular weight is 1820 g/mol. The van der Waals surface area contributed by atoms with Crippen LogP contribution in [0, 0.1) is 44.3 Å². The van der Waals surface area contributed by atoms with Crippen LogP contribution in [0.2, 0.25) is 0 Å². The van der Waals surface area contributed by atoms with E-state index in [0.717, 1.165) is 7.11 Å². The SMILES string of the molecule is C.CC(=[OH+])C=C(C)O.CC(C)(C)C(=[OH+])C=C(O)C(C)(C)C.CC(C)(C)C(=[OH+])C=C(O)C(C)(C)C.CC(C)(C)C(=[OH+])C=C(O)C(C)(C)C.CC(C)(C)O.CC(C)C(=[OH+])C=C(O)C(C)C.CC(C)O.CCC(=[OH+])C=C(O)CC.CCO.CCO.CCO.CO.[Nb-].[Nb-].[Nb-].[Nb-].[Nb-].[Nb-]. The molecule has 18 nitrogen and oxygen atoms in total. The van der Waals surface area contributed by atoms with Crippen molar-refractivity contribution in [3.63, 3.8) is 0 Å². The van der Waals surface area contributed by atoms with Gasteiger partial charge in [0, 0.05) is 61.6 Å². The molecule has 0 amide bonds. The Morgan fingerprint density at radius 1 is 0.376 bits per heavy atom. The quantitative estimate of drug-likeness (QED) is 0.0420. The minimum absolute atomic E-state index is 0. The number of carbonyl (C=O) groups excluding carboxylic acids is 6. The van der Waals surface area contributed by atoms with Crippen LogP contribution in [0.15, 0.2) is 71.0 Å². The third kappa shape index (κ3) is 143. The molecule has 0 aromatic carbocycles. The van der Waals surface area contributed by atoms with Gasteiger partial charge in [-0.05, 0) is 125 Å². The maximum atomic E-state index is 9.60. The summed E-state index contributed by atoms with van der Waals surface area (Å²) in [5.41, 5.74) is -2.34. The van der Waals surface area contributed by atoms with Gasteiger partial charge in [-0.1, -0.05) is 111 Å². The Balaban J connectivity index is -0.0000000389. The fourth-order valence-corrected chi connectivity index (χ4v) is 2.87. The molecular formula is C69H146Nb6O18. The van der Waals surface area contributed by atoms with E-state index >= 15 is 0 Å². The predicted octanol–water partition coefficient (Wildman–Crippen LogP) is 15.7. The van der Waals surface area contributed by atoms with Gasteiger partial charge in [-0.2, -0.15) is 0 Å². The van der Waals surface area contributed by atoms with Gasteiger partial charge >= 0.3 is 34.7 Å². The second-order valence-electron chi connectivity index (χ2n) is 27.0. The second kappa shape index (κ2) is 78.8. The zero-order valence-corrected chi connectivity index (χ0v) is 77.2. The van der Waals surface area contributed by atoms with Gasteiger partial charge in [-0.3, -0.25) is 28.8 Å². The van der Waals surface area contributed by atoms with Crippen LogP contribution in [-0.4, -0.2) is 163 Å². The second-order valence-corrected chi connectivity index (χ2v) is 27.0. The molecular weight excluding hydrogens is 1670 g/mol. The fourth-order valence-electron chi connectivity index (χ4n) is 2.87. The van der Waals surface area contributed by atoms with Gasteiger partial charge in [0.15, 0.2) is 0 Å². The molecule has 0 spiro atoms. The molecule has 0 fully saturated rings. The maximum absolute atomic E-state index is 9.60. The predicted molar refractivity (Wildman–Crippen MR) is 377 cm³/mol. The minimum Gasteiger partial charge on any atom is -1.00 e.